The van der Waals surface area contributed by atoms with Gasteiger partial charge in [0.2, 0.25) is 0 Å². The lowest BCUT2D eigenvalue weighted by Gasteiger charge is -2.13. The molecule has 0 aliphatic heterocycles. The van der Waals surface area contributed by atoms with Crippen molar-refractivity contribution in [3.63, 3.8) is 0 Å². The van der Waals surface area contributed by atoms with Crippen LogP contribution in [-0.4, -0.2) is 0 Å². The van der Waals surface area contributed by atoms with Crippen molar-refractivity contribution in [3.05, 3.63) is 34.7 Å². The summed E-state index contributed by atoms with van der Waals surface area (Å²) in [4.78, 5) is 0. The van der Waals surface area contributed by atoms with Crippen LogP contribution in [0.25, 0.3) is 12.2 Å². The largest absolute Gasteiger partial charge is 0.461 e. The molecule has 0 spiro atoms. The maximum absolute atomic E-state index is 5.78. The summed E-state index contributed by atoms with van der Waals surface area (Å²) in [5.41, 5.74) is 6.20. The molecule has 0 amide bonds. The molecule has 0 fully saturated rings. The van der Waals surface area contributed by atoms with Gasteiger partial charge in [-0.05, 0) is 31.3 Å². The molecule has 0 aliphatic rings. The van der Waals surface area contributed by atoms with Crippen LogP contribution >= 0.6 is 0 Å². The molecule has 0 atom stereocenters. The number of nitrogens with two attached hydrogens (primary N) is 1. The SMILES string of the molecule is C/C=c1/cc(C(C)(C)C)o/c1=C/C=C\N. The van der Waals surface area contributed by atoms with Gasteiger partial charge in [-0.15, -0.1) is 0 Å². The summed E-state index contributed by atoms with van der Waals surface area (Å²) in [5, 5.41) is 1.11. The van der Waals surface area contributed by atoms with E-state index in [0.29, 0.717) is 0 Å². The minimum atomic E-state index is 0.0380. The van der Waals surface area contributed by atoms with Gasteiger partial charge >= 0.3 is 0 Å². The molecule has 0 saturated carbocycles. The van der Waals surface area contributed by atoms with Gasteiger partial charge in [0.1, 0.15) is 11.2 Å². The third-order valence-corrected chi connectivity index (χ3v) is 2.20. The Kier molecular flexibility index (Phi) is 3.40. The van der Waals surface area contributed by atoms with Gasteiger partial charge < -0.3 is 10.2 Å². The normalized spacial score (nSPS) is 15.5. The van der Waals surface area contributed by atoms with E-state index in [4.69, 9.17) is 10.2 Å². The highest BCUT2D eigenvalue weighted by Crippen LogP contribution is 2.19. The fourth-order valence-corrected chi connectivity index (χ4v) is 1.29. The van der Waals surface area contributed by atoms with Crippen LogP contribution in [-0.2, 0) is 5.41 Å². The zero-order chi connectivity index (χ0) is 11.5. The second kappa shape index (κ2) is 4.39. The van der Waals surface area contributed by atoms with Gasteiger partial charge in [-0.3, -0.25) is 0 Å². The summed E-state index contributed by atoms with van der Waals surface area (Å²) in [6.45, 7) is 8.40. The van der Waals surface area contributed by atoms with Crippen molar-refractivity contribution in [1.82, 2.24) is 0 Å². The maximum atomic E-state index is 5.78. The lowest BCUT2D eigenvalue weighted by molar-refractivity contribution is 0.393. The number of hydrogen-bond acceptors (Lipinski definition) is 2. The lowest BCUT2D eigenvalue weighted by Crippen LogP contribution is -2.17. The van der Waals surface area contributed by atoms with Crippen molar-refractivity contribution < 1.29 is 4.42 Å². The molecule has 1 rings (SSSR count). The van der Waals surface area contributed by atoms with Crippen molar-refractivity contribution >= 4 is 12.2 Å². The Morgan fingerprint density at radius 1 is 1.33 bits per heavy atom. The molecule has 15 heavy (non-hydrogen) atoms. The number of allylic oxidation sites excluding steroid dienone is 1. The predicted octanol–water partition coefficient (Wildman–Crippen LogP) is 1.63. The summed E-state index contributed by atoms with van der Waals surface area (Å²) in [7, 11) is 0. The average Bonchev–Trinajstić information content (AvgIpc) is 2.57. The Labute approximate surface area is 90.8 Å². The van der Waals surface area contributed by atoms with Crippen LogP contribution in [0.15, 0.2) is 22.8 Å². The fourth-order valence-electron chi connectivity index (χ4n) is 1.29. The van der Waals surface area contributed by atoms with Gasteiger partial charge in [-0.2, -0.15) is 0 Å². The van der Waals surface area contributed by atoms with Gasteiger partial charge in [-0.25, -0.2) is 0 Å². The van der Waals surface area contributed by atoms with E-state index in [1.54, 1.807) is 6.08 Å². The van der Waals surface area contributed by atoms with Crippen LogP contribution in [0, 0.1) is 0 Å². The molecule has 1 aromatic heterocycles. The van der Waals surface area contributed by atoms with Gasteiger partial charge in [-0.1, -0.05) is 26.8 Å². The van der Waals surface area contributed by atoms with E-state index < -0.39 is 0 Å². The van der Waals surface area contributed by atoms with Gasteiger partial charge in [0, 0.05) is 10.6 Å². The highest BCUT2D eigenvalue weighted by Gasteiger charge is 2.17. The average molecular weight is 205 g/mol. The van der Waals surface area contributed by atoms with Crippen molar-refractivity contribution in [2.45, 2.75) is 33.1 Å². The number of rotatable bonds is 1. The fraction of sp³-hybridized carbons (Fsp3) is 0.385. The standard InChI is InChI=1S/C13H19NO/c1-5-10-9-12(13(2,3)4)15-11(10)7-6-8-14/h5-9H,14H2,1-4H3/b8-6-,10-5-,11-7+. The first-order valence-electron chi connectivity index (χ1n) is 5.14. The minimum Gasteiger partial charge on any atom is -0.461 e. The van der Waals surface area contributed by atoms with Crippen molar-refractivity contribution in [2.75, 3.05) is 0 Å². The van der Waals surface area contributed by atoms with Crippen LogP contribution in [0.1, 0.15) is 33.5 Å². The summed E-state index contributed by atoms with van der Waals surface area (Å²) < 4.78 is 5.78. The molecule has 0 radical (unpaired) electrons. The predicted molar refractivity (Wildman–Crippen MR) is 64.6 cm³/mol. The Hall–Kier alpha value is -1.44. The maximum Gasteiger partial charge on any atom is 0.134 e. The van der Waals surface area contributed by atoms with Crippen LogP contribution in [0.2, 0.25) is 0 Å². The van der Waals surface area contributed by atoms with Crippen LogP contribution in [0.4, 0.5) is 0 Å². The van der Waals surface area contributed by atoms with E-state index >= 15 is 0 Å². The summed E-state index contributed by atoms with van der Waals surface area (Å²) >= 11 is 0. The monoisotopic (exact) mass is 205 g/mol. The van der Waals surface area contributed by atoms with E-state index in [9.17, 15) is 0 Å². The summed E-state index contributed by atoms with van der Waals surface area (Å²) in [6, 6.07) is 2.08. The van der Waals surface area contributed by atoms with Crippen LogP contribution < -0.4 is 16.4 Å². The molecular weight excluding hydrogens is 186 g/mol. The highest BCUT2D eigenvalue weighted by atomic mass is 16.3. The summed E-state index contributed by atoms with van der Waals surface area (Å²) in [6.07, 6.45) is 7.19. The van der Waals surface area contributed by atoms with Gasteiger partial charge in [0.15, 0.2) is 0 Å². The second-order valence-corrected chi connectivity index (χ2v) is 4.52. The van der Waals surface area contributed by atoms with Gasteiger partial charge in [0.25, 0.3) is 0 Å². The lowest BCUT2D eigenvalue weighted by atomic mass is 9.93. The Bertz CT molecular complexity index is 458. The topological polar surface area (TPSA) is 39.2 Å². The highest BCUT2D eigenvalue weighted by molar-refractivity contribution is 5.36. The Balaban J connectivity index is 3.37. The third kappa shape index (κ3) is 2.75. The van der Waals surface area contributed by atoms with Gasteiger partial charge in [0.05, 0.1) is 0 Å². The van der Waals surface area contributed by atoms with Crippen molar-refractivity contribution in [3.8, 4) is 0 Å². The van der Waals surface area contributed by atoms with Crippen molar-refractivity contribution in [1.29, 1.82) is 0 Å². The van der Waals surface area contributed by atoms with E-state index in [2.05, 4.69) is 26.8 Å². The zero-order valence-electron chi connectivity index (χ0n) is 9.87. The van der Waals surface area contributed by atoms with E-state index in [-0.39, 0.29) is 5.41 Å². The first kappa shape index (κ1) is 11.6. The molecule has 1 aromatic rings. The number of hydrogen-bond donors (Lipinski definition) is 1. The molecule has 0 aromatic carbocycles. The molecule has 2 N–H and O–H groups in total. The van der Waals surface area contributed by atoms with Crippen molar-refractivity contribution in [2.24, 2.45) is 5.73 Å². The molecular formula is C13H19NO. The minimum absolute atomic E-state index is 0.0380. The molecule has 82 valence electrons. The van der Waals surface area contributed by atoms with E-state index in [1.807, 2.05) is 19.1 Å². The molecule has 0 saturated heterocycles. The van der Waals surface area contributed by atoms with E-state index in [1.165, 1.54) is 6.20 Å². The Morgan fingerprint density at radius 3 is 2.47 bits per heavy atom. The molecule has 0 unspecified atom stereocenters. The third-order valence-electron chi connectivity index (χ3n) is 2.20. The Morgan fingerprint density at radius 2 is 2.00 bits per heavy atom. The van der Waals surface area contributed by atoms with Crippen LogP contribution in [0.3, 0.4) is 0 Å². The quantitative estimate of drug-likeness (QED) is 0.757. The number of furan rings is 1. The van der Waals surface area contributed by atoms with Crippen LogP contribution in [0.5, 0.6) is 0 Å². The zero-order valence-corrected chi connectivity index (χ0v) is 9.87. The first-order valence-corrected chi connectivity index (χ1v) is 5.14. The first-order chi connectivity index (χ1) is 6.99. The molecule has 2 heteroatoms. The summed E-state index contributed by atoms with van der Waals surface area (Å²) in [5.74, 6) is 0.993. The molecule has 0 aliphatic carbocycles. The molecule has 2 nitrogen and oxygen atoms in total. The van der Waals surface area contributed by atoms with E-state index in [0.717, 1.165) is 16.4 Å². The second-order valence-electron chi connectivity index (χ2n) is 4.52. The smallest absolute Gasteiger partial charge is 0.134 e. The molecule has 1 heterocycles. The molecule has 0 bridgehead atoms.